The van der Waals surface area contributed by atoms with Crippen molar-refractivity contribution in [1.82, 2.24) is 34.2 Å². The Bertz CT molecular complexity index is 1580. The lowest BCUT2D eigenvalue weighted by Crippen LogP contribution is -2.63. The van der Waals surface area contributed by atoms with Gasteiger partial charge in [0, 0.05) is 63.8 Å². The lowest BCUT2D eigenvalue weighted by atomic mass is 9.86. The Kier molecular flexibility index (Phi) is 7.25. The number of likely N-dealkylation sites (N-methyl/N-ethyl adjacent to an activating group) is 1. The molecule has 0 aliphatic carbocycles. The van der Waals surface area contributed by atoms with Crippen LogP contribution in [0.4, 0.5) is 30.5 Å². The molecule has 2 aliphatic rings. The summed E-state index contributed by atoms with van der Waals surface area (Å²) in [4.78, 5) is 11.0. The summed E-state index contributed by atoms with van der Waals surface area (Å²) in [7, 11) is 2.09. The predicted octanol–water partition coefficient (Wildman–Crippen LogP) is 2.93. The topological polar surface area (TPSA) is 114 Å². The number of aromatic nitrogens is 5. The van der Waals surface area contributed by atoms with Crippen molar-refractivity contribution >= 4 is 23.0 Å². The van der Waals surface area contributed by atoms with Crippen LogP contribution in [0.1, 0.15) is 17.5 Å². The molecule has 1 unspecified atom stereocenters. The van der Waals surface area contributed by atoms with E-state index < -0.39 is 23.5 Å². The number of nitrogens with one attached hydrogen (secondary N) is 1. The van der Waals surface area contributed by atoms with Gasteiger partial charge in [0.05, 0.1) is 29.9 Å². The standard InChI is InChI=1S/C28H31F3N10O/c1-37-11-13-38(14-12-37)24(42)15-20-4-6-22(7-5-20)34-26-35-25-23(3-2-10-40(25)36-26)39-18-27(19-39,8-9-32)41-17-21(16-33-41)28(29,30)31/h2-7,10,16-17,24,42H,8,11-15,18-19H2,1H3,(H,34,36). The third-order valence-corrected chi connectivity index (χ3v) is 8.04. The molecule has 4 aromatic rings. The molecule has 0 bridgehead atoms. The molecule has 2 N–H and O–H groups in total. The number of rotatable bonds is 8. The Balaban J connectivity index is 1.13. The van der Waals surface area contributed by atoms with Crippen LogP contribution in [0, 0.1) is 11.3 Å². The molecule has 3 aromatic heterocycles. The number of hydrogen-bond donors (Lipinski definition) is 2. The summed E-state index contributed by atoms with van der Waals surface area (Å²) in [5, 5.41) is 31.8. The van der Waals surface area contributed by atoms with Crippen LogP contribution in [0.25, 0.3) is 5.65 Å². The van der Waals surface area contributed by atoms with Gasteiger partial charge in [-0.1, -0.05) is 12.1 Å². The number of piperazine rings is 1. The van der Waals surface area contributed by atoms with E-state index in [0.717, 1.165) is 55.5 Å². The van der Waals surface area contributed by atoms with Crippen LogP contribution in [0.3, 0.4) is 0 Å². The molecule has 2 fully saturated rings. The summed E-state index contributed by atoms with van der Waals surface area (Å²) < 4.78 is 42.4. The largest absolute Gasteiger partial charge is 0.419 e. The minimum absolute atomic E-state index is 0.0213. The van der Waals surface area contributed by atoms with E-state index >= 15 is 0 Å². The van der Waals surface area contributed by atoms with Gasteiger partial charge in [-0.2, -0.15) is 28.5 Å². The van der Waals surface area contributed by atoms with Crippen molar-refractivity contribution < 1.29 is 18.3 Å². The van der Waals surface area contributed by atoms with Gasteiger partial charge in [-0.25, -0.2) is 4.52 Å². The molecule has 0 radical (unpaired) electrons. The minimum Gasteiger partial charge on any atom is -0.378 e. The van der Waals surface area contributed by atoms with E-state index in [1.165, 1.54) is 4.68 Å². The second kappa shape index (κ2) is 10.9. The maximum Gasteiger partial charge on any atom is 0.419 e. The van der Waals surface area contributed by atoms with Gasteiger partial charge in [0.1, 0.15) is 11.8 Å². The number of hydrogen-bond acceptors (Lipinski definition) is 9. The lowest BCUT2D eigenvalue weighted by Gasteiger charge is -2.50. The van der Waals surface area contributed by atoms with Gasteiger partial charge >= 0.3 is 6.18 Å². The summed E-state index contributed by atoms with van der Waals surface area (Å²) in [6, 6.07) is 13.6. The van der Waals surface area contributed by atoms with Crippen molar-refractivity contribution in [1.29, 1.82) is 5.26 Å². The van der Waals surface area contributed by atoms with Crippen LogP contribution in [0.15, 0.2) is 55.0 Å². The molecular formula is C28H31F3N10O. The molecule has 0 amide bonds. The summed E-state index contributed by atoms with van der Waals surface area (Å²) in [6.45, 7) is 4.18. The zero-order chi connectivity index (χ0) is 29.5. The molecule has 0 spiro atoms. The highest BCUT2D eigenvalue weighted by Crippen LogP contribution is 2.39. The number of halogens is 3. The molecule has 5 heterocycles. The Morgan fingerprint density at radius 3 is 2.52 bits per heavy atom. The zero-order valence-electron chi connectivity index (χ0n) is 23.0. The molecule has 14 heteroatoms. The van der Waals surface area contributed by atoms with Gasteiger partial charge in [0.2, 0.25) is 5.95 Å². The first-order valence-corrected chi connectivity index (χ1v) is 13.7. The van der Waals surface area contributed by atoms with E-state index in [2.05, 4.69) is 43.4 Å². The smallest absolute Gasteiger partial charge is 0.378 e. The van der Waals surface area contributed by atoms with Crippen LogP contribution >= 0.6 is 0 Å². The minimum atomic E-state index is -4.50. The lowest BCUT2D eigenvalue weighted by molar-refractivity contribution is -0.137. The van der Waals surface area contributed by atoms with Crippen LogP contribution in [-0.2, 0) is 18.1 Å². The second-order valence-electron chi connectivity index (χ2n) is 11.0. The molecule has 2 aliphatic heterocycles. The van der Waals surface area contributed by atoms with E-state index in [1.807, 2.05) is 41.3 Å². The van der Waals surface area contributed by atoms with Gasteiger partial charge in [-0.3, -0.25) is 9.58 Å². The number of pyridine rings is 1. The van der Waals surface area contributed by atoms with Crippen molar-refractivity contribution in [2.75, 3.05) is 56.5 Å². The number of aliphatic hydroxyl groups is 1. The fraction of sp³-hybridized carbons (Fsp3) is 0.429. The highest BCUT2D eigenvalue weighted by Gasteiger charge is 2.47. The van der Waals surface area contributed by atoms with Gasteiger partial charge in [0.15, 0.2) is 5.65 Å². The quantitative estimate of drug-likeness (QED) is 0.325. The fourth-order valence-electron chi connectivity index (χ4n) is 5.55. The molecule has 1 aromatic carbocycles. The van der Waals surface area contributed by atoms with Crippen molar-refractivity contribution in [2.45, 2.75) is 30.8 Å². The van der Waals surface area contributed by atoms with Crippen LogP contribution in [-0.4, -0.2) is 91.8 Å². The first-order chi connectivity index (χ1) is 20.1. The highest BCUT2D eigenvalue weighted by atomic mass is 19.4. The van der Waals surface area contributed by atoms with Crippen LogP contribution in [0.5, 0.6) is 0 Å². The molecule has 6 rings (SSSR count). The summed E-state index contributed by atoms with van der Waals surface area (Å²) >= 11 is 0. The number of nitriles is 1. The normalized spacial score (nSPS) is 18.5. The zero-order valence-corrected chi connectivity index (χ0v) is 23.0. The number of fused-ring (bicyclic) bond motifs is 1. The van der Waals surface area contributed by atoms with Crippen LogP contribution in [0.2, 0.25) is 0 Å². The molecule has 42 heavy (non-hydrogen) atoms. The maximum atomic E-state index is 13.2. The molecule has 0 saturated carbocycles. The van der Waals surface area contributed by atoms with Crippen molar-refractivity contribution in [3.8, 4) is 6.07 Å². The Morgan fingerprint density at radius 2 is 1.86 bits per heavy atom. The third-order valence-electron chi connectivity index (χ3n) is 8.04. The monoisotopic (exact) mass is 580 g/mol. The number of nitrogens with zero attached hydrogens (tertiary/aromatic N) is 9. The molecule has 220 valence electrons. The van der Waals surface area contributed by atoms with E-state index in [0.29, 0.717) is 31.1 Å². The summed E-state index contributed by atoms with van der Waals surface area (Å²) in [5.74, 6) is 0.387. The molecule has 11 nitrogen and oxygen atoms in total. The summed E-state index contributed by atoms with van der Waals surface area (Å²) in [6.07, 6.45) is -0.936. The van der Waals surface area contributed by atoms with E-state index in [4.69, 9.17) is 0 Å². The average molecular weight is 581 g/mol. The Labute approximate surface area is 240 Å². The Morgan fingerprint density at radius 1 is 1.12 bits per heavy atom. The van der Waals surface area contributed by atoms with E-state index in [-0.39, 0.29) is 6.42 Å². The maximum absolute atomic E-state index is 13.2. The molecule has 1 atom stereocenters. The number of anilines is 3. The van der Waals surface area contributed by atoms with Crippen molar-refractivity contribution in [3.05, 3.63) is 66.1 Å². The van der Waals surface area contributed by atoms with Gasteiger partial charge in [0.25, 0.3) is 0 Å². The number of aliphatic hydroxyl groups excluding tert-OH is 1. The third kappa shape index (κ3) is 5.50. The van der Waals surface area contributed by atoms with Crippen molar-refractivity contribution in [2.24, 2.45) is 0 Å². The van der Waals surface area contributed by atoms with Crippen LogP contribution < -0.4 is 10.2 Å². The number of alkyl halides is 3. The SMILES string of the molecule is CN1CCN(C(O)Cc2ccc(Nc3nc4c(N5CC(CC#N)(n6cc(C(F)(F)F)cn6)C5)cccn4n3)cc2)CC1. The first kappa shape index (κ1) is 28.0. The predicted molar refractivity (Wildman–Crippen MR) is 149 cm³/mol. The van der Waals surface area contributed by atoms with Crippen molar-refractivity contribution in [3.63, 3.8) is 0 Å². The average Bonchev–Trinajstić information content (AvgIpc) is 3.60. The van der Waals surface area contributed by atoms with E-state index in [9.17, 15) is 23.5 Å². The molecule has 2 saturated heterocycles. The number of benzene rings is 1. The molecular weight excluding hydrogens is 549 g/mol. The van der Waals surface area contributed by atoms with E-state index in [1.54, 1.807) is 10.7 Å². The highest BCUT2D eigenvalue weighted by molar-refractivity contribution is 5.72. The van der Waals surface area contributed by atoms with Gasteiger partial charge in [-0.05, 0) is 36.9 Å². The second-order valence-corrected chi connectivity index (χ2v) is 11.0. The van der Waals surface area contributed by atoms with Gasteiger partial charge in [-0.15, -0.1) is 5.10 Å². The van der Waals surface area contributed by atoms with Gasteiger partial charge < -0.3 is 20.2 Å². The Hall–Kier alpha value is -4.19. The summed E-state index contributed by atoms with van der Waals surface area (Å²) in [5.41, 5.74) is 1.44. The first-order valence-electron chi connectivity index (χ1n) is 13.7. The fourth-order valence-corrected chi connectivity index (χ4v) is 5.55.